The summed E-state index contributed by atoms with van der Waals surface area (Å²) < 4.78 is 0. The quantitative estimate of drug-likeness (QED) is 0.483. The lowest BCUT2D eigenvalue weighted by Gasteiger charge is -1.90. The number of hydrogen-bond acceptors (Lipinski definition) is 0. The molecule has 0 heterocycles. The lowest BCUT2D eigenvalue weighted by molar-refractivity contribution is 0.626. The smallest absolute Gasteiger partial charge is 0.0474 e. The second-order valence-electron chi connectivity index (χ2n) is 3.80. The molecule has 0 unspecified atom stereocenters. The normalized spacial score (nSPS) is 7.20. The zero-order valence-corrected chi connectivity index (χ0v) is 11.1. The summed E-state index contributed by atoms with van der Waals surface area (Å²) in [7, 11) is 0. The molecule has 0 aliphatic heterocycles. The molecular weight excluding hydrogens is 180 g/mol. The van der Waals surface area contributed by atoms with Crippen molar-refractivity contribution < 1.29 is 0 Å². The van der Waals surface area contributed by atoms with Crippen LogP contribution < -0.4 is 0 Å². The molecule has 0 N–H and O–H groups in total. The van der Waals surface area contributed by atoms with Gasteiger partial charge >= 0.3 is 0 Å². The zero-order valence-electron chi connectivity index (χ0n) is 11.1. The highest BCUT2D eigenvalue weighted by Gasteiger charge is 1.80. The molecule has 0 amide bonds. The molecule has 100 valence electrons. The Labute approximate surface area is 102 Å². The highest BCUT2D eigenvalue weighted by Crippen LogP contribution is 1.93. The second kappa shape index (κ2) is 37.0. The maximum Gasteiger partial charge on any atom is -0.0474 e. The summed E-state index contributed by atoms with van der Waals surface area (Å²) in [6.45, 7) is 15.4. The standard InChI is InChI=1S/C5H12.2C4H10.2CH4/c1-4-5(2)3;2*1-3-4-2;;/h5H,4H2,1-3H3;2*3-4H2,1-2H3;2*1H4. The maximum atomic E-state index is 2.22. The monoisotopic (exact) mass is 220 g/mol. The minimum absolute atomic E-state index is 0. The molecule has 0 bridgehead atoms. The zero-order chi connectivity index (χ0) is 11.1. The van der Waals surface area contributed by atoms with Crippen LogP contribution in [0.3, 0.4) is 0 Å². The average molecular weight is 220 g/mol. The van der Waals surface area contributed by atoms with Gasteiger partial charge in [0.05, 0.1) is 0 Å². The van der Waals surface area contributed by atoms with Crippen molar-refractivity contribution in [1.82, 2.24) is 0 Å². The predicted molar refractivity (Wildman–Crippen MR) is 79.8 cm³/mol. The van der Waals surface area contributed by atoms with Gasteiger partial charge in [-0.3, -0.25) is 0 Å². The molecular formula is C15H40. The van der Waals surface area contributed by atoms with E-state index in [0.29, 0.717) is 0 Å². The largest absolute Gasteiger partial charge is 0.0776 e. The first-order chi connectivity index (χ1) is 6.10. The summed E-state index contributed by atoms with van der Waals surface area (Å²) >= 11 is 0. The van der Waals surface area contributed by atoms with E-state index in [1.54, 1.807) is 0 Å². The van der Waals surface area contributed by atoms with Gasteiger partial charge in [0.2, 0.25) is 0 Å². The highest BCUT2D eigenvalue weighted by molar-refractivity contribution is 4.32. The molecule has 0 rings (SSSR count). The van der Waals surface area contributed by atoms with Crippen molar-refractivity contribution in [2.45, 2.75) is 95.4 Å². The lowest BCUT2D eigenvalue weighted by Crippen LogP contribution is -1.77. The first-order valence-electron chi connectivity index (χ1n) is 6.10. The summed E-state index contributed by atoms with van der Waals surface area (Å²) in [5.41, 5.74) is 0. The molecule has 0 aromatic rings. The molecule has 0 aliphatic carbocycles. The third kappa shape index (κ3) is 126. The molecule has 0 atom stereocenters. The Bertz CT molecular complexity index is 38.0. The fourth-order valence-corrected chi connectivity index (χ4v) is 0. The first-order valence-corrected chi connectivity index (χ1v) is 6.10. The van der Waals surface area contributed by atoms with E-state index in [1.807, 2.05) is 0 Å². The highest BCUT2D eigenvalue weighted by atomic mass is 13.9. The molecule has 0 radical (unpaired) electrons. The summed E-state index contributed by atoms with van der Waals surface area (Å²) in [4.78, 5) is 0. The predicted octanol–water partition coefficient (Wildman–Crippen LogP) is 6.94. The van der Waals surface area contributed by atoms with Gasteiger partial charge in [0.15, 0.2) is 0 Å². The van der Waals surface area contributed by atoms with E-state index in [4.69, 9.17) is 0 Å². The van der Waals surface area contributed by atoms with Crippen molar-refractivity contribution in [3.05, 3.63) is 0 Å². The van der Waals surface area contributed by atoms with Crippen molar-refractivity contribution >= 4 is 0 Å². The van der Waals surface area contributed by atoms with Crippen LogP contribution in [-0.2, 0) is 0 Å². The number of hydrogen-bond donors (Lipinski definition) is 0. The lowest BCUT2D eigenvalue weighted by atomic mass is 10.2. The van der Waals surface area contributed by atoms with Crippen molar-refractivity contribution in [3.8, 4) is 0 Å². The first kappa shape index (κ1) is 29.4. The summed E-state index contributed by atoms with van der Waals surface area (Å²) in [5, 5.41) is 0. The Morgan fingerprint density at radius 2 is 0.733 bits per heavy atom. The molecule has 15 heavy (non-hydrogen) atoms. The van der Waals surface area contributed by atoms with E-state index in [9.17, 15) is 0 Å². The van der Waals surface area contributed by atoms with Gasteiger partial charge in [-0.25, -0.2) is 0 Å². The fraction of sp³-hybridized carbons (Fsp3) is 1.00. The molecule has 0 fully saturated rings. The number of rotatable bonds is 3. The van der Waals surface area contributed by atoms with Crippen molar-refractivity contribution in [2.75, 3.05) is 0 Å². The summed E-state index contributed by atoms with van der Waals surface area (Å²) in [5.74, 6) is 0.884. The van der Waals surface area contributed by atoms with Gasteiger partial charge in [-0.05, 0) is 5.92 Å². The van der Waals surface area contributed by atoms with Gasteiger partial charge in [-0.1, -0.05) is 95.4 Å². The third-order valence-corrected chi connectivity index (χ3v) is 1.82. The van der Waals surface area contributed by atoms with Crippen LogP contribution in [-0.4, -0.2) is 0 Å². The van der Waals surface area contributed by atoms with Gasteiger partial charge in [0, 0.05) is 0 Å². The Kier molecular flexibility index (Phi) is 72.5. The van der Waals surface area contributed by atoms with E-state index in [1.165, 1.54) is 32.1 Å². The molecule has 0 heteroatoms. The van der Waals surface area contributed by atoms with Crippen LogP contribution in [0.5, 0.6) is 0 Å². The SMILES string of the molecule is C.C.CCC(C)C.CCCC.CCCC. The Morgan fingerprint density at radius 1 is 0.600 bits per heavy atom. The Hall–Kier alpha value is 0. The minimum atomic E-state index is 0. The van der Waals surface area contributed by atoms with E-state index in [0.717, 1.165) is 5.92 Å². The fourth-order valence-electron chi connectivity index (χ4n) is 0. The van der Waals surface area contributed by atoms with Crippen LogP contribution in [0, 0.1) is 5.92 Å². The summed E-state index contributed by atoms with van der Waals surface area (Å²) in [6, 6.07) is 0. The maximum absolute atomic E-state index is 2.22. The van der Waals surface area contributed by atoms with E-state index in [-0.39, 0.29) is 14.9 Å². The third-order valence-electron chi connectivity index (χ3n) is 1.82. The van der Waals surface area contributed by atoms with E-state index >= 15 is 0 Å². The molecule has 0 aliphatic rings. The average Bonchev–Trinajstić information content (AvgIpc) is 2.18. The van der Waals surface area contributed by atoms with Gasteiger partial charge in [-0.2, -0.15) is 0 Å². The molecule has 0 aromatic heterocycles. The van der Waals surface area contributed by atoms with Crippen LogP contribution in [0.2, 0.25) is 0 Å². The summed E-state index contributed by atoms with van der Waals surface area (Å²) in [6.07, 6.45) is 6.58. The molecule has 0 saturated heterocycles. The van der Waals surface area contributed by atoms with Crippen LogP contribution in [0.4, 0.5) is 0 Å². The van der Waals surface area contributed by atoms with Crippen molar-refractivity contribution in [2.24, 2.45) is 5.92 Å². The second-order valence-corrected chi connectivity index (χ2v) is 3.80. The molecule has 0 aromatic carbocycles. The van der Waals surface area contributed by atoms with Gasteiger partial charge in [0.25, 0.3) is 0 Å². The van der Waals surface area contributed by atoms with E-state index < -0.39 is 0 Å². The van der Waals surface area contributed by atoms with Crippen LogP contribution in [0.1, 0.15) is 95.4 Å². The van der Waals surface area contributed by atoms with Gasteiger partial charge < -0.3 is 0 Å². The van der Waals surface area contributed by atoms with E-state index in [2.05, 4.69) is 48.5 Å². The Morgan fingerprint density at radius 3 is 0.733 bits per heavy atom. The van der Waals surface area contributed by atoms with Crippen LogP contribution in [0.15, 0.2) is 0 Å². The van der Waals surface area contributed by atoms with Crippen LogP contribution in [0.25, 0.3) is 0 Å². The van der Waals surface area contributed by atoms with Gasteiger partial charge in [0.1, 0.15) is 0 Å². The Balaban J connectivity index is -0.0000000315. The molecule has 0 saturated carbocycles. The molecule has 0 nitrogen and oxygen atoms in total. The van der Waals surface area contributed by atoms with Crippen LogP contribution >= 0.6 is 0 Å². The van der Waals surface area contributed by atoms with Crippen molar-refractivity contribution in [3.63, 3.8) is 0 Å². The topological polar surface area (TPSA) is 0 Å². The minimum Gasteiger partial charge on any atom is -0.0776 e. The number of unbranched alkanes of at least 4 members (excludes halogenated alkanes) is 2. The van der Waals surface area contributed by atoms with Crippen molar-refractivity contribution in [1.29, 1.82) is 0 Å². The van der Waals surface area contributed by atoms with Gasteiger partial charge in [-0.15, -0.1) is 0 Å². The molecule has 0 spiro atoms.